The van der Waals surface area contributed by atoms with Crippen molar-refractivity contribution in [3.63, 3.8) is 0 Å². The highest BCUT2D eigenvalue weighted by Gasteiger charge is 2.26. The highest BCUT2D eigenvalue weighted by atomic mass is 19.1. The van der Waals surface area contributed by atoms with Crippen LogP contribution < -0.4 is 5.32 Å². The van der Waals surface area contributed by atoms with E-state index in [4.69, 9.17) is 0 Å². The monoisotopic (exact) mass is 223 g/mol. The maximum Gasteiger partial charge on any atom is 0.222 e. The van der Waals surface area contributed by atoms with Crippen LogP contribution in [0, 0.1) is 11.2 Å². The molecule has 1 saturated carbocycles. The topological polar surface area (TPSA) is 37.8 Å². The molecule has 88 valence electrons. The molecular formula is C12H18FN3. The van der Waals surface area contributed by atoms with Crippen LogP contribution in [0.15, 0.2) is 12.4 Å². The highest BCUT2D eigenvalue weighted by molar-refractivity contribution is 5.24. The summed E-state index contributed by atoms with van der Waals surface area (Å²) in [5, 5.41) is 3.26. The molecule has 1 fully saturated rings. The molecule has 0 aliphatic heterocycles. The van der Waals surface area contributed by atoms with Crippen molar-refractivity contribution in [3.8, 4) is 0 Å². The maximum absolute atomic E-state index is 12.6. The Bertz CT molecular complexity index is 338. The average Bonchev–Trinajstić information content (AvgIpc) is 2.24. The highest BCUT2D eigenvalue weighted by Crippen LogP contribution is 2.35. The van der Waals surface area contributed by atoms with Crippen molar-refractivity contribution in [2.24, 2.45) is 5.41 Å². The molecule has 0 spiro atoms. The van der Waals surface area contributed by atoms with Crippen molar-refractivity contribution in [1.82, 2.24) is 9.97 Å². The SMILES string of the molecule is CC1(C)CCC(Nc2ncc(F)cn2)CC1. The molecule has 0 radical (unpaired) electrons. The van der Waals surface area contributed by atoms with Gasteiger partial charge >= 0.3 is 0 Å². The van der Waals surface area contributed by atoms with E-state index in [9.17, 15) is 4.39 Å². The smallest absolute Gasteiger partial charge is 0.222 e. The number of rotatable bonds is 2. The number of halogens is 1. The van der Waals surface area contributed by atoms with Gasteiger partial charge < -0.3 is 5.32 Å². The van der Waals surface area contributed by atoms with Crippen LogP contribution >= 0.6 is 0 Å². The number of aromatic nitrogens is 2. The summed E-state index contributed by atoms with van der Waals surface area (Å²) in [7, 11) is 0. The fraction of sp³-hybridized carbons (Fsp3) is 0.667. The molecule has 1 aromatic heterocycles. The van der Waals surface area contributed by atoms with Gasteiger partial charge in [0.05, 0.1) is 12.4 Å². The van der Waals surface area contributed by atoms with E-state index < -0.39 is 5.82 Å². The first-order chi connectivity index (χ1) is 7.55. The van der Waals surface area contributed by atoms with Crippen LogP contribution in [0.5, 0.6) is 0 Å². The zero-order chi connectivity index (χ0) is 11.6. The van der Waals surface area contributed by atoms with Gasteiger partial charge in [-0.2, -0.15) is 0 Å². The Hall–Kier alpha value is -1.19. The molecule has 16 heavy (non-hydrogen) atoms. The summed E-state index contributed by atoms with van der Waals surface area (Å²) in [5.41, 5.74) is 0.460. The largest absolute Gasteiger partial charge is 0.351 e. The molecule has 4 heteroatoms. The molecule has 3 nitrogen and oxygen atoms in total. The van der Waals surface area contributed by atoms with Crippen LogP contribution in [-0.4, -0.2) is 16.0 Å². The Morgan fingerprint density at radius 1 is 1.25 bits per heavy atom. The summed E-state index contributed by atoms with van der Waals surface area (Å²) >= 11 is 0. The van der Waals surface area contributed by atoms with Crippen molar-refractivity contribution in [1.29, 1.82) is 0 Å². The molecule has 0 saturated heterocycles. The lowest BCUT2D eigenvalue weighted by Gasteiger charge is -2.34. The molecule has 1 N–H and O–H groups in total. The van der Waals surface area contributed by atoms with Crippen LogP contribution in [0.2, 0.25) is 0 Å². The lowest BCUT2D eigenvalue weighted by atomic mass is 9.76. The molecular weight excluding hydrogens is 205 g/mol. The van der Waals surface area contributed by atoms with Crippen LogP contribution in [0.4, 0.5) is 10.3 Å². The van der Waals surface area contributed by atoms with Crippen LogP contribution in [0.3, 0.4) is 0 Å². The van der Waals surface area contributed by atoms with Crippen LogP contribution in [0.1, 0.15) is 39.5 Å². The molecule has 2 rings (SSSR count). The number of anilines is 1. The van der Waals surface area contributed by atoms with Gasteiger partial charge in [0.15, 0.2) is 5.82 Å². The van der Waals surface area contributed by atoms with Crippen molar-refractivity contribution < 1.29 is 4.39 Å². The summed E-state index contributed by atoms with van der Waals surface area (Å²) < 4.78 is 12.6. The maximum atomic E-state index is 12.6. The molecule has 1 aliphatic rings. The third kappa shape index (κ3) is 2.90. The first kappa shape index (κ1) is 11.3. The van der Waals surface area contributed by atoms with E-state index in [1.54, 1.807) is 0 Å². The minimum atomic E-state index is -0.393. The van der Waals surface area contributed by atoms with E-state index in [1.807, 2.05) is 0 Å². The average molecular weight is 223 g/mol. The Morgan fingerprint density at radius 3 is 2.38 bits per heavy atom. The quantitative estimate of drug-likeness (QED) is 0.837. The lowest BCUT2D eigenvalue weighted by Crippen LogP contribution is -2.30. The second-order valence-corrected chi connectivity index (χ2v) is 5.31. The predicted molar refractivity (Wildman–Crippen MR) is 61.6 cm³/mol. The molecule has 1 heterocycles. The minimum Gasteiger partial charge on any atom is -0.351 e. The minimum absolute atomic E-state index is 0.393. The normalized spacial score (nSPS) is 20.7. The third-order valence-corrected chi connectivity index (χ3v) is 3.29. The molecule has 0 atom stereocenters. The Morgan fingerprint density at radius 2 is 1.81 bits per heavy atom. The van der Waals surface area contributed by atoms with Crippen LogP contribution in [-0.2, 0) is 0 Å². The van der Waals surface area contributed by atoms with Gasteiger partial charge in [-0.15, -0.1) is 0 Å². The van der Waals surface area contributed by atoms with E-state index in [2.05, 4.69) is 29.1 Å². The molecule has 0 aromatic carbocycles. The summed E-state index contributed by atoms with van der Waals surface area (Å²) in [5.74, 6) is 0.140. The second kappa shape index (κ2) is 4.36. The van der Waals surface area contributed by atoms with Gasteiger partial charge in [0.2, 0.25) is 5.95 Å². The van der Waals surface area contributed by atoms with Gasteiger partial charge in [-0.05, 0) is 31.1 Å². The first-order valence-electron chi connectivity index (χ1n) is 5.79. The van der Waals surface area contributed by atoms with Gasteiger partial charge in [-0.1, -0.05) is 13.8 Å². The van der Waals surface area contributed by atoms with E-state index >= 15 is 0 Å². The summed E-state index contributed by atoms with van der Waals surface area (Å²) in [4.78, 5) is 7.82. The summed E-state index contributed by atoms with van der Waals surface area (Å²) in [6.45, 7) is 4.61. The fourth-order valence-corrected chi connectivity index (χ4v) is 2.11. The van der Waals surface area contributed by atoms with Gasteiger partial charge in [-0.3, -0.25) is 0 Å². The Labute approximate surface area is 95.5 Å². The zero-order valence-electron chi connectivity index (χ0n) is 9.83. The number of hydrogen-bond acceptors (Lipinski definition) is 3. The second-order valence-electron chi connectivity index (χ2n) is 5.31. The standard InChI is InChI=1S/C12H18FN3/c1-12(2)5-3-10(4-6-12)16-11-14-7-9(13)8-15-11/h7-8,10H,3-6H2,1-2H3,(H,14,15,16). The molecule has 1 aromatic rings. The number of nitrogens with zero attached hydrogens (tertiary/aromatic N) is 2. The van der Waals surface area contributed by atoms with Gasteiger partial charge in [0.25, 0.3) is 0 Å². The lowest BCUT2D eigenvalue weighted by molar-refractivity contribution is 0.232. The van der Waals surface area contributed by atoms with Crippen molar-refractivity contribution in [2.45, 2.75) is 45.6 Å². The van der Waals surface area contributed by atoms with Crippen molar-refractivity contribution in [3.05, 3.63) is 18.2 Å². The molecule has 0 bridgehead atoms. The summed E-state index contributed by atoms with van der Waals surface area (Å²) in [6, 6.07) is 0.429. The van der Waals surface area contributed by atoms with E-state index in [0.29, 0.717) is 17.4 Å². The van der Waals surface area contributed by atoms with Crippen LogP contribution in [0.25, 0.3) is 0 Å². The Kier molecular flexibility index (Phi) is 3.08. The van der Waals surface area contributed by atoms with Crippen molar-refractivity contribution in [2.75, 3.05) is 5.32 Å². The van der Waals surface area contributed by atoms with Gasteiger partial charge in [0, 0.05) is 6.04 Å². The zero-order valence-corrected chi connectivity index (χ0v) is 9.83. The van der Waals surface area contributed by atoms with Crippen molar-refractivity contribution >= 4 is 5.95 Å². The third-order valence-electron chi connectivity index (χ3n) is 3.29. The number of hydrogen-bond donors (Lipinski definition) is 1. The first-order valence-corrected chi connectivity index (χ1v) is 5.79. The van der Waals surface area contributed by atoms with Gasteiger partial charge in [0.1, 0.15) is 0 Å². The van der Waals surface area contributed by atoms with E-state index in [-0.39, 0.29) is 0 Å². The van der Waals surface area contributed by atoms with E-state index in [0.717, 1.165) is 12.8 Å². The summed E-state index contributed by atoms with van der Waals surface area (Å²) in [6.07, 6.45) is 7.09. The van der Waals surface area contributed by atoms with Gasteiger partial charge in [-0.25, -0.2) is 14.4 Å². The Balaban J connectivity index is 1.89. The molecule has 0 amide bonds. The predicted octanol–water partition coefficient (Wildman–Crippen LogP) is 3.00. The van der Waals surface area contributed by atoms with E-state index in [1.165, 1.54) is 25.2 Å². The molecule has 1 aliphatic carbocycles. The number of nitrogens with one attached hydrogen (secondary N) is 1. The molecule has 0 unspecified atom stereocenters. The fourth-order valence-electron chi connectivity index (χ4n) is 2.11.